The van der Waals surface area contributed by atoms with Crippen LogP contribution in [0, 0.1) is 0 Å². The Kier molecular flexibility index (Phi) is 3.99. The van der Waals surface area contributed by atoms with Gasteiger partial charge in [0.2, 0.25) is 0 Å². The van der Waals surface area contributed by atoms with Crippen molar-refractivity contribution in [1.82, 2.24) is 0 Å². The largest absolute Gasteiger partial charge is 0.393 e. The molecule has 0 bridgehead atoms. The van der Waals surface area contributed by atoms with E-state index in [2.05, 4.69) is 0 Å². The second-order valence-corrected chi connectivity index (χ2v) is 5.27. The van der Waals surface area contributed by atoms with Crippen LogP contribution in [-0.2, 0) is 15.9 Å². The monoisotopic (exact) mass is 248 g/mol. The molecule has 1 aliphatic rings. The molecule has 0 aliphatic carbocycles. The van der Waals surface area contributed by atoms with Crippen molar-refractivity contribution in [3.05, 3.63) is 21.3 Å². The lowest BCUT2D eigenvalue weighted by atomic mass is 10.1. The third-order valence-electron chi connectivity index (χ3n) is 2.22. The zero-order valence-corrected chi connectivity index (χ0v) is 9.76. The van der Waals surface area contributed by atoms with Crippen molar-refractivity contribution >= 4 is 22.9 Å². The molecular formula is C10H13ClO3S. The van der Waals surface area contributed by atoms with Gasteiger partial charge in [-0.15, -0.1) is 11.3 Å². The fraction of sp³-hybridized carbons (Fsp3) is 0.600. The molecule has 0 saturated carbocycles. The fourth-order valence-electron chi connectivity index (χ4n) is 1.54. The van der Waals surface area contributed by atoms with Gasteiger partial charge in [-0.25, -0.2) is 0 Å². The Morgan fingerprint density at radius 2 is 2.20 bits per heavy atom. The third kappa shape index (κ3) is 3.43. The molecule has 1 aliphatic heterocycles. The van der Waals surface area contributed by atoms with Crippen molar-refractivity contribution in [1.29, 1.82) is 0 Å². The van der Waals surface area contributed by atoms with Crippen LogP contribution in [0.5, 0.6) is 0 Å². The first-order valence-electron chi connectivity index (χ1n) is 4.89. The maximum absolute atomic E-state index is 9.78. The molecule has 2 rings (SSSR count). The summed E-state index contributed by atoms with van der Waals surface area (Å²) in [6, 6.07) is 3.78. The van der Waals surface area contributed by atoms with E-state index >= 15 is 0 Å². The van der Waals surface area contributed by atoms with E-state index in [9.17, 15) is 5.11 Å². The topological polar surface area (TPSA) is 38.7 Å². The van der Waals surface area contributed by atoms with Gasteiger partial charge in [0, 0.05) is 17.7 Å². The molecular weight excluding hydrogens is 236 g/mol. The maximum Gasteiger partial charge on any atom is 0.160 e. The predicted octanol–water partition coefficient (Wildman–Crippen LogP) is 2.07. The summed E-state index contributed by atoms with van der Waals surface area (Å²) >= 11 is 7.30. The van der Waals surface area contributed by atoms with Gasteiger partial charge in [0.15, 0.2) is 6.29 Å². The molecule has 84 valence electrons. The molecule has 0 spiro atoms. The van der Waals surface area contributed by atoms with Crippen LogP contribution in [0.2, 0.25) is 4.34 Å². The van der Waals surface area contributed by atoms with Crippen molar-refractivity contribution < 1.29 is 14.6 Å². The first-order valence-corrected chi connectivity index (χ1v) is 6.09. The number of hydrogen-bond acceptors (Lipinski definition) is 4. The summed E-state index contributed by atoms with van der Waals surface area (Å²) in [5.41, 5.74) is 0. The number of halogens is 1. The number of aliphatic hydroxyl groups excluding tert-OH is 1. The molecule has 1 saturated heterocycles. The number of rotatable bonds is 4. The molecule has 1 atom stereocenters. The Balaban J connectivity index is 1.78. The van der Waals surface area contributed by atoms with Gasteiger partial charge in [0.05, 0.1) is 23.7 Å². The average molecular weight is 249 g/mol. The summed E-state index contributed by atoms with van der Waals surface area (Å²) in [5.74, 6) is 0. The van der Waals surface area contributed by atoms with Crippen molar-refractivity contribution in [3.63, 3.8) is 0 Å². The van der Waals surface area contributed by atoms with Crippen LogP contribution in [0.3, 0.4) is 0 Å². The van der Waals surface area contributed by atoms with Gasteiger partial charge in [-0.2, -0.15) is 0 Å². The Bertz CT molecular complexity index is 309. The number of hydrogen-bond donors (Lipinski definition) is 1. The van der Waals surface area contributed by atoms with Gasteiger partial charge in [0.1, 0.15) is 0 Å². The minimum Gasteiger partial charge on any atom is -0.393 e. The van der Waals surface area contributed by atoms with Crippen LogP contribution >= 0.6 is 22.9 Å². The second kappa shape index (κ2) is 5.27. The maximum atomic E-state index is 9.78. The Morgan fingerprint density at radius 3 is 2.80 bits per heavy atom. The molecule has 15 heavy (non-hydrogen) atoms. The van der Waals surface area contributed by atoms with Crippen LogP contribution in [0.1, 0.15) is 11.3 Å². The van der Waals surface area contributed by atoms with Crippen LogP contribution in [0.15, 0.2) is 12.1 Å². The summed E-state index contributed by atoms with van der Waals surface area (Å²) < 4.78 is 11.3. The van der Waals surface area contributed by atoms with Crippen molar-refractivity contribution in [2.75, 3.05) is 13.2 Å². The molecule has 0 amide bonds. The third-order valence-corrected chi connectivity index (χ3v) is 3.47. The van der Waals surface area contributed by atoms with Crippen molar-refractivity contribution in [2.45, 2.75) is 25.2 Å². The first kappa shape index (κ1) is 11.4. The molecule has 1 unspecified atom stereocenters. The SMILES string of the molecule is OC(Cc1ccc(Cl)s1)CC1OCCO1. The molecule has 1 aromatic rings. The second-order valence-electron chi connectivity index (χ2n) is 3.47. The lowest BCUT2D eigenvalue weighted by molar-refractivity contribution is -0.0697. The van der Waals surface area contributed by atoms with Crippen LogP contribution < -0.4 is 0 Å². The van der Waals surface area contributed by atoms with E-state index in [1.54, 1.807) is 0 Å². The molecule has 0 aromatic carbocycles. The van der Waals surface area contributed by atoms with E-state index in [0.717, 1.165) is 9.21 Å². The normalized spacial score (nSPS) is 19.6. The van der Waals surface area contributed by atoms with Crippen molar-refractivity contribution in [2.24, 2.45) is 0 Å². The van der Waals surface area contributed by atoms with Crippen LogP contribution in [0.25, 0.3) is 0 Å². The molecule has 2 heterocycles. The lowest BCUT2D eigenvalue weighted by Gasteiger charge is -2.13. The summed E-state index contributed by atoms with van der Waals surface area (Å²) in [5, 5.41) is 9.78. The average Bonchev–Trinajstić information content (AvgIpc) is 2.77. The van der Waals surface area contributed by atoms with E-state index < -0.39 is 6.10 Å². The molecule has 0 radical (unpaired) electrons. The molecule has 1 N–H and O–H groups in total. The highest BCUT2D eigenvalue weighted by Crippen LogP contribution is 2.23. The molecule has 1 aromatic heterocycles. The quantitative estimate of drug-likeness (QED) is 0.887. The minimum atomic E-state index is -0.428. The Morgan fingerprint density at radius 1 is 1.47 bits per heavy atom. The van der Waals surface area contributed by atoms with Gasteiger partial charge in [-0.1, -0.05) is 11.6 Å². The van der Waals surface area contributed by atoms with Crippen LogP contribution in [0.4, 0.5) is 0 Å². The number of thiophene rings is 1. The van der Waals surface area contributed by atoms with Crippen molar-refractivity contribution in [3.8, 4) is 0 Å². The highest BCUT2D eigenvalue weighted by molar-refractivity contribution is 7.16. The van der Waals surface area contributed by atoms with E-state index in [0.29, 0.717) is 26.1 Å². The highest BCUT2D eigenvalue weighted by Gasteiger charge is 2.20. The lowest BCUT2D eigenvalue weighted by Crippen LogP contribution is -2.20. The first-order chi connectivity index (χ1) is 7.24. The Labute approximate surface area is 97.6 Å². The smallest absolute Gasteiger partial charge is 0.160 e. The zero-order chi connectivity index (χ0) is 10.7. The van der Waals surface area contributed by atoms with E-state index in [4.69, 9.17) is 21.1 Å². The Hall–Kier alpha value is -0.130. The van der Waals surface area contributed by atoms with E-state index in [-0.39, 0.29) is 6.29 Å². The standard InChI is InChI=1S/C10H13ClO3S/c11-9-2-1-8(15-9)5-7(12)6-10-13-3-4-14-10/h1-2,7,10,12H,3-6H2. The van der Waals surface area contributed by atoms with E-state index in [1.165, 1.54) is 11.3 Å². The predicted molar refractivity (Wildman–Crippen MR) is 59.3 cm³/mol. The molecule has 3 nitrogen and oxygen atoms in total. The minimum absolute atomic E-state index is 0.240. The fourth-order valence-corrected chi connectivity index (χ4v) is 2.70. The summed E-state index contributed by atoms with van der Waals surface area (Å²) in [4.78, 5) is 1.09. The molecule has 1 fully saturated rings. The summed E-state index contributed by atoms with van der Waals surface area (Å²) in [6.45, 7) is 1.25. The highest BCUT2D eigenvalue weighted by atomic mass is 35.5. The molecule has 5 heteroatoms. The van der Waals surface area contributed by atoms with Gasteiger partial charge in [-0.05, 0) is 12.1 Å². The summed E-state index contributed by atoms with van der Waals surface area (Å²) in [7, 11) is 0. The van der Waals surface area contributed by atoms with Crippen LogP contribution in [-0.4, -0.2) is 30.7 Å². The van der Waals surface area contributed by atoms with Gasteiger partial charge in [0.25, 0.3) is 0 Å². The zero-order valence-electron chi connectivity index (χ0n) is 8.19. The summed E-state index contributed by atoms with van der Waals surface area (Å²) in [6.07, 6.45) is 0.467. The van der Waals surface area contributed by atoms with Gasteiger partial charge >= 0.3 is 0 Å². The number of ether oxygens (including phenoxy) is 2. The van der Waals surface area contributed by atoms with Gasteiger partial charge in [-0.3, -0.25) is 0 Å². The van der Waals surface area contributed by atoms with Gasteiger partial charge < -0.3 is 14.6 Å². The number of aliphatic hydroxyl groups is 1. The van der Waals surface area contributed by atoms with E-state index in [1.807, 2.05) is 12.1 Å².